The van der Waals surface area contributed by atoms with Gasteiger partial charge in [0.25, 0.3) is 0 Å². The normalized spacial score (nSPS) is 10.7. The van der Waals surface area contributed by atoms with Crippen LogP contribution in [0.4, 0.5) is 0 Å². The fourth-order valence-electron chi connectivity index (χ4n) is 1.22. The monoisotopic (exact) mass is 194 g/mol. The molecule has 0 fully saturated rings. The largest absolute Gasteiger partial charge is 0.275 e. The van der Waals surface area contributed by atoms with Gasteiger partial charge in [-0.1, -0.05) is 0 Å². The summed E-state index contributed by atoms with van der Waals surface area (Å²) < 4.78 is 5.93. The smallest absolute Gasteiger partial charge is 0.147 e. The summed E-state index contributed by atoms with van der Waals surface area (Å²) in [6.45, 7) is 3.87. The van der Waals surface area contributed by atoms with Crippen molar-refractivity contribution in [2.24, 2.45) is 7.05 Å². The molecule has 5 heteroatoms. The van der Waals surface area contributed by atoms with Gasteiger partial charge in [0, 0.05) is 13.2 Å². The van der Waals surface area contributed by atoms with Crippen molar-refractivity contribution in [2.45, 2.75) is 13.8 Å². The first-order valence-electron chi connectivity index (χ1n) is 3.98. The zero-order valence-corrected chi connectivity index (χ0v) is 8.59. The van der Waals surface area contributed by atoms with Crippen LogP contribution in [0.15, 0.2) is 6.20 Å². The van der Waals surface area contributed by atoms with Crippen molar-refractivity contribution in [3.8, 4) is 10.6 Å². The molecule has 0 aliphatic heterocycles. The SMILES string of the molecule is Cc1nsc(-c2cn(C)nc2C)n1. The van der Waals surface area contributed by atoms with Crippen LogP contribution in [-0.2, 0) is 7.05 Å². The molecule has 0 saturated carbocycles. The molecule has 0 saturated heterocycles. The van der Waals surface area contributed by atoms with Crippen LogP contribution in [0.3, 0.4) is 0 Å². The van der Waals surface area contributed by atoms with Gasteiger partial charge in [0.15, 0.2) is 0 Å². The summed E-state index contributed by atoms with van der Waals surface area (Å²) in [4.78, 5) is 4.31. The number of hydrogen-bond acceptors (Lipinski definition) is 4. The molecule has 2 rings (SSSR count). The zero-order chi connectivity index (χ0) is 9.42. The summed E-state index contributed by atoms with van der Waals surface area (Å²) in [6.07, 6.45) is 1.97. The van der Waals surface area contributed by atoms with E-state index in [2.05, 4.69) is 14.5 Å². The van der Waals surface area contributed by atoms with Crippen LogP contribution in [0.5, 0.6) is 0 Å². The first kappa shape index (κ1) is 8.37. The van der Waals surface area contributed by atoms with Crippen LogP contribution >= 0.6 is 11.5 Å². The zero-order valence-electron chi connectivity index (χ0n) is 7.77. The molecule has 0 bridgehead atoms. The third-order valence-electron chi connectivity index (χ3n) is 1.77. The first-order valence-corrected chi connectivity index (χ1v) is 4.75. The third-order valence-corrected chi connectivity index (χ3v) is 2.61. The number of hydrogen-bond donors (Lipinski definition) is 0. The standard InChI is InChI=1S/C8H10N4S/c1-5-7(4-12(3)10-5)8-9-6(2)11-13-8/h4H,1-3H3. The molecular formula is C8H10N4S. The Morgan fingerprint density at radius 2 is 2.15 bits per heavy atom. The van der Waals surface area contributed by atoms with Crippen LogP contribution in [0.25, 0.3) is 10.6 Å². The van der Waals surface area contributed by atoms with E-state index in [0.717, 1.165) is 22.1 Å². The number of aromatic nitrogens is 4. The summed E-state index contributed by atoms with van der Waals surface area (Å²) in [6, 6.07) is 0. The fraction of sp³-hybridized carbons (Fsp3) is 0.375. The van der Waals surface area contributed by atoms with E-state index in [-0.39, 0.29) is 0 Å². The summed E-state index contributed by atoms with van der Waals surface area (Å²) in [7, 11) is 1.91. The van der Waals surface area contributed by atoms with Crippen molar-refractivity contribution >= 4 is 11.5 Å². The minimum atomic E-state index is 0.822. The van der Waals surface area contributed by atoms with Crippen LogP contribution in [-0.4, -0.2) is 19.1 Å². The molecule has 0 aliphatic rings. The lowest BCUT2D eigenvalue weighted by atomic mass is 10.3. The summed E-state index contributed by atoms with van der Waals surface area (Å²) >= 11 is 1.42. The maximum absolute atomic E-state index is 4.31. The van der Waals surface area contributed by atoms with Gasteiger partial charge in [-0.3, -0.25) is 4.68 Å². The molecule has 0 radical (unpaired) electrons. The van der Waals surface area contributed by atoms with Crippen LogP contribution in [0, 0.1) is 13.8 Å². The van der Waals surface area contributed by atoms with E-state index in [1.807, 2.05) is 27.1 Å². The van der Waals surface area contributed by atoms with Crippen molar-refractivity contribution in [1.29, 1.82) is 0 Å². The van der Waals surface area contributed by atoms with Gasteiger partial charge in [-0.05, 0) is 25.4 Å². The van der Waals surface area contributed by atoms with E-state index < -0.39 is 0 Å². The molecule has 13 heavy (non-hydrogen) atoms. The molecule has 0 amide bonds. The van der Waals surface area contributed by atoms with E-state index >= 15 is 0 Å². The van der Waals surface area contributed by atoms with Crippen molar-refractivity contribution in [1.82, 2.24) is 19.1 Å². The summed E-state index contributed by atoms with van der Waals surface area (Å²) in [5.41, 5.74) is 2.08. The summed E-state index contributed by atoms with van der Waals surface area (Å²) in [5.74, 6) is 0.822. The van der Waals surface area contributed by atoms with Gasteiger partial charge >= 0.3 is 0 Å². The molecule has 0 unspecified atom stereocenters. The van der Waals surface area contributed by atoms with E-state index in [1.54, 1.807) is 4.68 Å². The van der Waals surface area contributed by atoms with E-state index in [9.17, 15) is 0 Å². The Labute approximate surface area is 80.4 Å². The number of nitrogens with zero attached hydrogens (tertiary/aromatic N) is 4. The molecule has 0 aliphatic carbocycles. The number of rotatable bonds is 1. The van der Waals surface area contributed by atoms with Crippen LogP contribution < -0.4 is 0 Å². The second-order valence-corrected chi connectivity index (χ2v) is 3.70. The number of aryl methyl sites for hydroxylation is 3. The molecule has 0 atom stereocenters. The van der Waals surface area contributed by atoms with Gasteiger partial charge in [-0.15, -0.1) is 0 Å². The molecule has 2 heterocycles. The Balaban J connectivity index is 2.51. The molecule has 2 aromatic rings. The highest BCUT2D eigenvalue weighted by Gasteiger charge is 2.09. The van der Waals surface area contributed by atoms with Crippen LogP contribution in [0.2, 0.25) is 0 Å². The average Bonchev–Trinajstić information content (AvgIpc) is 2.58. The molecule has 4 nitrogen and oxygen atoms in total. The molecule has 0 aromatic carbocycles. The Kier molecular flexibility index (Phi) is 1.88. The molecule has 0 spiro atoms. The lowest BCUT2D eigenvalue weighted by Gasteiger charge is -1.87. The average molecular weight is 194 g/mol. The van der Waals surface area contributed by atoms with Crippen LogP contribution in [0.1, 0.15) is 11.5 Å². The molecule has 2 aromatic heterocycles. The van der Waals surface area contributed by atoms with Gasteiger partial charge in [0.1, 0.15) is 10.8 Å². The first-order chi connectivity index (χ1) is 6.16. The predicted molar refractivity (Wildman–Crippen MR) is 51.6 cm³/mol. The minimum absolute atomic E-state index is 0.822. The van der Waals surface area contributed by atoms with E-state index in [1.165, 1.54) is 11.5 Å². The lowest BCUT2D eigenvalue weighted by molar-refractivity contribution is 0.756. The van der Waals surface area contributed by atoms with Gasteiger partial charge < -0.3 is 0 Å². The van der Waals surface area contributed by atoms with E-state index in [0.29, 0.717) is 0 Å². The highest BCUT2D eigenvalue weighted by molar-refractivity contribution is 7.09. The van der Waals surface area contributed by atoms with Crippen molar-refractivity contribution in [2.75, 3.05) is 0 Å². The molecular weight excluding hydrogens is 184 g/mol. The topological polar surface area (TPSA) is 43.6 Å². The van der Waals surface area contributed by atoms with Gasteiger partial charge in [-0.25, -0.2) is 4.98 Å². The Morgan fingerprint density at radius 1 is 1.38 bits per heavy atom. The molecule has 0 N–H and O–H groups in total. The van der Waals surface area contributed by atoms with Gasteiger partial charge in [-0.2, -0.15) is 9.47 Å². The molecule has 68 valence electrons. The highest BCUT2D eigenvalue weighted by Crippen LogP contribution is 2.23. The van der Waals surface area contributed by atoms with Gasteiger partial charge in [0.2, 0.25) is 0 Å². The maximum atomic E-state index is 4.31. The second kappa shape index (κ2) is 2.92. The van der Waals surface area contributed by atoms with Crippen molar-refractivity contribution in [3.63, 3.8) is 0 Å². The quantitative estimate of drug-likeness (QED) is 0.692. The Hall–Kier alpha value is -1.23. The highest BCUT2D eigenvalue weighted by atomic mass is 32.1. The lowest BCUT2D eigenvalue weighted by Crippen LogP contribution is -1.86. The Bertz CT molecular complexity index is 429. The predicted octanol–water partition coefficient (Wildman–Crippen LogP) is 1.56. The van der Waals surface area contributed by atoms with Crippen molar-refractivity contribution in [3.05, 3.63) is 17.7 Å². The van der Waals surface area contributed by atoms with E-state index in [4.69, 9.17) is 0 Å². The maximum Gasteiger partial charge on any atom is 0.147 e. The fourth-order valence-corrected chi connectivity index (χ4v) is 1.95. The second-order valence-electron chi connectivity index (χ2n) is 2.95. The third kappa shape index (κ3) is 1.47. The Morgan fingerprint density at radius 3 is 2.62 bits per heavy atom. The minimum Gasteiger partial charge on any atom is -0.275 e. The van der Waals surface area contributed by atoms with Gasteiger partial charge in [0.05, 0.1) is 11.3 Å². The van der Waals surface area contributed by atoms with Crippen molar-refractivity contribution < 1.29 is 0 Å². The summed E-state index contributed by atoms with van der Waals surface area (Å²) in [5, 5.41) is 5.20.